The van der Waals surface area contributed by atoms with Gasteiger partial charge in [0.25, 0.3) is 0 Å². The van der Waals surface area contributed by atoms with Gasteiger partial charge >= 0.3 is 0 Å². The highest BCUT2D eigenvalue weighted by molar-refractivity contribution is 5.10. The molecule has 1 aliphatic heterocycles. The molecule has 0 bridgehead atoms. The second-order valence-electron chi connectivity index (χ2n) is 3.93. The van der Waals surface area contributed by atoms with Crippen molar-refractivity contribution in [1.29, 1.82) is 0 Å². The van der Waals surface area contributed by atoms with Crippen LogP contribution in [0.15, 0.2) is 11.6 Å². The van der Waals surface area contributed by atoms with Gasteiger partial charge in [-0.1, -0.05) is 13.0 Å². The average molecular weight is 154 g/mol. The van der Waals surface area contributed by atoms with Gasteiger partial charge < -0.3 is 4.74 Å². The van der Waals surface area contributed by atoms with Crippen molar-refractivity contribution in [1.82, 2.24) is 0 Å². The largest absolute Gasteiger partial charge is 0.368 e. The fourth-order valence-electron chi connectivity index (χ4n) is 1.47. The lowest BCUT2D eigenvalue weighted by atomic mass is 9.95. The molecule has 64 valence electrons. The van der Waals surface area contributed by atoms with Crippen molar-refractivity contribution in [3.05, 3.63) is 11.6 Å². The molecule has 0 radical (unpaired) electrons. The molecule has 1 nitrogen and oxygen atoms in total. The summed E-state index contributed by atoms with van der Waals surface area (Å²) in [5, 5.41) is 0. The Hall–Kier alpha value is -0.300. The van der Waals surface area contributed by atoms with Gasteiger partial charge in [-0.05, 0) is 39.2 Å². The molecule has 0 aliphatic carbocycles. The molecule has 1 heterocycles. The van der Waals surface area contributed by atoms with E-state index in [2.05, 4.69) is 33.8 Å². The predicted octanol–water partition coefficient (Wildman–Crippen LogP) is 2.91. The highest BCUT2D eigenvalue weighted by Crippen LogP contribution is 2.28. The number of hydrogen-bond donors (Lipinski definition) is 0. The first-order chi connectivity index (χ1) is 5.05. The monoisotopic (exact) mass is 154 g/mol. The third-order valence-electron chi connectivity index (χ3n) is 2.26. The van der Waals surface area contributed by atoms with Crippen molar-refractivity contribution in [2.75, 3.05) is 0 Å². The van der Waals surface area contributed by atoms with Crippen molar-refractivity contribution in [2.24, 2.45) is 0 Å². The molecular weight excluding hydrogens is 136 g/mol. The second kappa shape index (κ2) is 2.98. The average Bonchev–Trinajstić information content (AvgIpc) is 1.94. The van der Waals surface area contributed by atoms with E-state index in [-0.39, 0.29) is 5.60 Å². The molecule has 0 fully saturated rings. The molecule has 0 N–H and O–H groups in total. The minimum atomic E-state index is 0.0557. The van der Waals surface area contributed by atoms with Gasteiger partial charge in [-0.25, -0.2) is 0 Å². The van der Waals surface area contributed by atoms with Crippen molar-refractivity contribution in [3.63, 3.8) is 0 Å². The molecule has 0 aromatic carbocycles. The van der Waals surface area contributed by atoms with Crippen LogP contribution >= 0.6 is 0 Å². The second-order valence-corrected chi connectivity index (χ2v) is 3.93. The smallest absolute Gasteiger partial charge is 0.0787 e. The van der Waals surface area contributed by atoms with Crippen LogP contribution < -0.4 is 0 Å². The summed E-state index contributed by atoms with van der Waals surface area (Å²) >= 11 is 0. The lowest BCUT2D eigenvalue weighted by molar-refractivity contribution is -0.0639. The Labute approximate surface area is 69.4 Å². The lowest BCUT2D eigenvalue weighted by Gasteiger charge is -2.34. The van der Waals surface area contributed by atoms with E-state index < -0.39 is 0 Å². The van der Waals surface area contributed by atoms with Crippen LogP contribution in [0.4, 0.5) is 0 Å². The molecule has 0 spiro atoms. The van der Waals surface area contributed by atoms with Crippen molar-refractivity contribution >= 4 is 0 Å². The summed E-state index contributed by atoms with van der Waals surface area (Å²) in [6, 6.07) is 0. The van der Waals surface area contributed by atoms with E-state index in [1.807, 2.05) is 0 Å². The maximum Gasteiger partial charge on any atom is 0.0787 e. The molecule has 0 saturated carbocycles. The zero-order valence-electron chi connectivity index (χ0n) is 7.98. The Morgan fingerprint density at radius 2 is 2.27 bits per heavy atom. The molecule has 11 heavy (non-hydrogen) atoms. The molecule has 1 atom stereocenters. The van der Waals surface area contributed by atoms with E-state index in [9.17, 15) is 0 Å². The molecule has 1 unspecified atom stereocenters. The number of ether oxygens (including phenoxy) is 1. The van der Waals surface area contributed by atoms with Gasteiger partial charge in [0.05, 0.1) is 11.7 Å². The number of hydrogen-bond acceptors (Lipinski definition) is 1. The molecule has 0 aromatic rings. The van der Waals surface area contributed by atoms with Crippen LogP contribution in [-0.2, 0) is 4.74 Å². The maximum atomic E-state index is 5.87. The van der Waals surface area contributed by atoms with Crippen LogP contribution in [0.1, 0.15) is 40.5 Å². The summed E-state index contributed by atoms with van der Waals surface area (Å²) in [5.74, 6) is 0. The van der Waals surface area contributed by atoms with E-state index in [1.165, 1.54) is 5.57 Å². The quantitative estimate of drug-likeness (QED) is 0.528. The molecule has 0 amide bonds. The Morgan fingerprint density at radius 3 is 2.73 bits per heavy atom. The topological polar surface area (TPSA) is 9.23 Å². The van der Waals surface area contributed by atoms with Gasteiger partial charge in [0.1, 0.15) is 0 Å². The summed E-state index contributed by atoms with van der Waals surface area (Å²) in [6.45, 7) is 8.63. The standard InChI is InChI=1S/C10H18O/c1-5-9-8(2)6-7-10(3,4)11-9/h6,9H,5,7H2,1-4H3. The summed E-state index contributed by atoms with van der Waals surface area (Å²) in [5.41, 5.74) is 1.45. The molecule has 1 aliphatic rings. The summed E-state index contributed by atoms with van der Waals surface area (Å²) in [7, 11) is 0. The predicted molar refractivity (Wildman–Crippen MR) is 47.6 cm³/mol. The SMILES string of the molecule is CCC1OC(C)(C)CC=C1C. The molecule has 1 rings (SSSR count). The van der Waals surface area contributed by atoms with Crippen LogP contribution in [-0.4, -0.2) is 11.7 Å². The van der Waals surface area contributed by atoms with Crippen LogP contribution in [0.2, 0.25) is 0 Å². The minimum absolute atomic E-state index is 0.0557. The fourth-order valence-corrected chi connectivity index (χ4v) is 1.47. The van der Waals surface area contributed by atoms with Gasteiger partial charge in [0.15, 0.2) is 0 Å². The minimum Gasteiger partial charge on any atom is -0.368 e. The van der Waals surface area contributed by atoms with Crippen LogP contribution in [0.3, 0.4) is 0 Å². The first-order valence-corrected chi connectivity index (χ1v) is 4.39. The maximum absolute atomic E-state index is 5.87. The summed E-state index contributed by atoms with van der Waals surface area (Å²) in [4.78, 5) is 0. The third kappa shape index (κ3) is 2.06. The zero-order chi connectivity index (χ0) is 8.48. The highest BCUT2D eigenvalue weighted by atomic mass is 16.5. The van der Waals surface area contributed by atoms with Gasteiger partial charge in [-0.2, -0.15) is 0 Å². The van der Waals surface area contributed by atoms with Gasteiger partial charge in [-0.3, -0.25) is 0 Å². The Morgan fingerprint density at radius 1 is 1.64 bits per heavy atom. The summed E-state index contributed by atoms with van der Waals surface area (Å²) in [6.07, 6.45) is 4.80. The Balaban J connectivity index is 2.69. The van der Waals surface area contributed by atoms with Gasteiger partial charge in [-0.15, -0.1) is 0 Å². The van der Waals surface area contributed by atoms with E-state index >= 15 is 0 Å². The van der Waals surface area contributed by atoms with Crippen LogP contribution in [0.5, 0.6) is 0 Å². The molecule has 1 heteroatoms. The Bertz CT molecular complexity index is 168. The molecule has 0 saturated heterocycles. The highest BCUT2D eigenvalue weighted by Gasteiger charge is 2.26. The van der Waals surface area contributed by atoms with Crippen molar-refractivity contribution < 1.29 is 4.74 Å². The van der Waals surface area contributed by atoms with E-state index in [1.54, 1.807) is 0 Å². The molecular formula is C10H18O. The molecule has 0 aromatic heterocycles. The van der Waals surface area contributed by atoms with E-state index in [4.69, 9.17) is 4.74 Å². The van der Waals surface area contributed by atoms with Gasteiger partial charge in [0.2, 0.25) is 0 Å². The van der Waals surface area contributed by atoms with Crippen LogP contribution in [0.25, 0.3) is 0 Å². The fraction of sp³-hybridized carbons (Fsp3) is 0.800. The van der Waals surface area contributed by atoms with Crippen molar-refractivity contribution in [3.8, 4) is 0 Å². The Kier molecular flexibility index (Phi) is 2.38. The third-order valence-corrected chi connectivity index (χ3v) is 2.26. The first kappa shape index (κ1) is 8.79. The first-order valence-electron chi connectivity index (χ1n) is 4.39. The number of rotatable bonds is 1. The van der Waals surface area contributed by atoms with Gasteiger partial charge in [0, 0.05) is 0 Å². The van der Waals surface area contributed by atoms with E-state index in [0.29, 0.717) is 6.10 Å². The van der Waals surface area contributed by atoms with Crippen molar-refractivity contribution in [2.45, 2.75) is 52.2 Å². The van der Waals surface area contributed by atoms with E-state index in [0.717, 1.165) is 12.8 Å². The normalized spacial score (nSPS) is 29.8. The zero-order valence-corrected chi connectivity index (χ0v) is 7.98. The van der Waals surface area contributed by atoms with Crippen LogP contribution in [0, 0.1) is 0 Å². The summed E-state index contributed by atoms with van der Waals surface area (Å²) < 4.78 is 5.87. The lowest BCUT2D eigenvalue weighted by Crippen LogP contribution is -2.34.